The lowest BCUT2D eigenvalue weighted by Gasteiger charge is -2.32. The minimum Gasteiger partial charge on any atom is -0.356 e. The summed E-state index contributed by atoms with van der Waals surface area (Å²) < 4.78 is 61.2. The van der Waals surface area contributed by atoms with E-state index in [9.17, 15) is 21.6 Å². The van der Waals surface area contributed by atoms with Crippen LogP contribution in [-0.4, -0.2) is 56.9 Å². The molecule has 1 aliphatic rings. The lowest BCUT2D eigenvalue weighted by Crippen LogP contribution is -2.51. The Hall–Kier alpha value is -1.33. The molecule has 2 rings (SSSR count). The molecule has 1 fully saturated rings. The number of guanidine groups is 1. The molecule has 26 heavy (non-hydrogen) atoms. The van der Waals surface area contributed by atoms with Crippen molar-refractivity contribution in [3.8, 4) is 0 Å². The van der Waals surface area contributed by atoms with Gasteiger partial charge in [-0.15, -0.1) is 0 Å². The van der Waals surface area contributed by atoms with Crippen LogP contribution in [0.4, 0.5) is 13.2 Å². The highest BCUT2D eigenvalue weighted by Gasteiger charge is 2.50. The van der Waals surface area contributed by atoms with Gasteiger partial charge in [0.05, 0.1) is 0 Å². The van der Waals surface area contributed by atoms with Crippen molar-refractivity contribution >= 4 is 27.3 Å². The van der Waals surface area contributed by atoms with Crippen LogP contribution >= 0.6 is 11.3 Å². The smallest absolute Gasteiger partial charge is 0.356 e. The van der Waals surface area contributed by atoms with Crippen LogP contribution in [0.3, 0.4) is 0 Å². The first-order chi connectivity index (χ1) is 12.1. The third-order valence-corrected chi connectivity index (χ3v) is 6.67. The first kappa shape index (κ1) is 21.0. The minimum atomic E-state index is -5.25. The lowest BCUT2D eigenvalue weighted by molar-refractivity contribution is -0.0494. The van der Waals surface area contributed by atoms with Crippen molar-refractivity contribution < 1.29 is 21.6 Å². The van der Waals surface area contributed by atoms with Crippen LogP contribution < -0.4 is 10.6 Å². The number of alkyl halides is 3. The fraction of sp³-hybridized carbons (Fsp3) is 0.667. The number of halogens is 3. The molecule has 1 atom stereocenters. The standard InChI is InChI=1S/C15H23F3N4O2S2/c1-11(12-5-8-25-10-12)9-20-14(19-2)21-13-3-6-22(7-4-13)26(23,24)15(16,17)18/h5,8,10-11,13H,3-4,6-7,9H2,1-2H3,(H2,19,20,21). The van der Waals surface area contributed by atoms with E-state index in [0.29, 0.717) is 22.7 Å². The van der Waals surface area contributed by atoms with Crippen LogP contribution in [0.25, 0.3) is 0 Å². The number of hydrogen-bond acceptors (Lipinski definition) is 4. The molecular weight excluding hydrogens is 389 g/mol. The zero-order valence-corrected chi connectivity index (χ0v) is 16.2. The van der Waals surface area contributed by atoms with Gasteiger partial charge in [-0.25, -0.2) is 8.42 Å². The van der Waals surface area contributed by atoms with Crippen LogP contribution in [0, 0.1) is 0 Å². The van der Waals surface area contributed by atoms with Crippen molar-refractivity contribution in [2.45, 2.75) is 37.2 Å². The van der Waals surface area contributed by atoms with Crippen LogP contribution in [0.5, 0.6) is 0 Å². The Balaban J connectivity index is 1.82. The zero-order valence-electron chi connectivity index (χ0n) is 14.6. The summed E-state index contributed by atoms with van der Waals surface area (Å²) in [5, 5.41) is 10.5. The number of nitrogens with zero attached hydrogens (tertiary/aromatic N) is 2. The van der Waals surface area contributed by atoms with Gasteiger partial charge in [0.25, 0.3) is 0 Å². The van der Waals surface area contributed by atoms with Gasteiger partial charge in [0.15, 0.2) is 5.96 Å². The third-order valence-electron chi connectivity index (χ3n) is 4.34. The van der Waals surface area contributed by atoms with Crippen LogP contribution in [0.1, 0.15) is 31.2 Å². The average molecular weight is 413 g/mol. The molecule has 11 heteroatoms. The Bertz CT molecular complexity index is 697. The Morgan fingerprint density at radius 1 is 1.42 bits per heavy atom. The first-order valence-corrected chi connectivity index (χ1v) is 10.6. The van der Waals surface area contributed by atoms with E-state index < -0.39 is 15.5 Å². The van der Waals surface area contributed by atoms with E-state index in [2.05, 4.69) is 34.0 Å². The molecule has 1 aliphatic heterocycles. The molecule has 2 heterocycles. The highest BCUT2D eigenvalue weighted by molar-refractivity contribution is 7.90. The summed E-state index contributed by atoms with van der Waals surface area (Å²) in [5.74, 6) is 0.850. The normalized spacial score (nSPS) is 19.3. The number of sulfonamides is 1. The molecule has 0 bridgehead atoms. The molecule has 0 aliphatic carbocycles. The van der Waals surface area contributed by atoms with E-state index in [-0.39, 0.29) is 32.0 Å². The van der Waals surface area contributed by atoms with E-state index in [0.717, 1.165) is 0 Å². The van der Waals surface area contributed by atoms with Gasteiger partial charge < -0.3 is 10.6 Å². The molecule has 2 N–H and O–H groups in total. The maximum Gasteiger partial charge on any atom is 0.511 e. The maximum absolute atomic E-state index is 12.6. The zero-order chi connectivity index (χ0) is 19.4. The number of piperidine rings is 1. The molecule has 1 unspecified atom stereocenters. The van der Waals surface area contributed by atoms with Gasteiger partial charge in [0.2, 0.25) is 0 Å². The van der Waals surface area contributed by atoms with E-state index in [1.165, 1.54) is 5.56 Å². The van der Waals surface area contributed by atoms with Gasteiger partial charge in [-0.2, -0.15) is 28.8 Å². The maximum atomic E-state index is 12.6. The fourth-order valence-electron chi connectivity index (χ4n) is 2.70. The number of hydrogen-bond donors (Lipinski definition) is 2. The Morgan fingerprint density at radius 3 is 2.58 bits per heavy atom. The Morgan fingerprint density at radius 2 is 2.08 bits per heavy atom. The molecule has 1 saturated heterocycles. The molecule has 6 nitrogen and oxygen atoms in total. The second-order valence-corrected chi connectivity index (χ2v) is 8.89. The van der Waals surface area contributed by atoms with Crippen molar-refractivity contribution in [1.82, 2.24) is 14.9 Å². The summed E-state index contributed by atoms with van der Waals surface area (Å²) in [7, 11) is -3.62. The van der Waals surface area contributed by atoms with Gasteiger partial charge in [-0.3, -0.25) is 4.99 Å². The van der Waals surface area contributed by atoms with Gasteiger partial charge in [-0.05, 0) is 41.1 Å². The van der Waals surface area contributed by atoms with Gasteiger partial charge >= 0.3 is 15.5 Å². The number of thiophene rings is 1. The quantitative estimate of drug-likeness (QED) is 0.575. The second-order valence-electron chi connectivity index (χ2n) is 6.18. The number of rotatable bonds is 5. The first-order valence-electron chi connectivity index (χ1n) is 8.21. The SMILES string of the molecule is CN=C(NCC(C)c1ccsc1)NC1CCN(S(=O)(=O)C(F)(F)F)CC1. The summed E-state index contributed by atoms with van der Waals surface area (Å²) in [5.41, 5.74) is -4.02. The molecule has 0 spiro atoms. The number of aliphatic imine (C=N–C) groups is 1. The predicted octanol–water partition coefficient (Wildman–Crippen LogP) is 2.33. The summed E-state index contributed by atoms with van der Waals surface area (Å²) in [6, 6.07) is 1.93. The summed E-state index contributed by atoms with van der Waals surface area (Å²) >= 11 is 1.63. The van der Waals surface area contributed by atoms with Crippen molar-refractivity contribution in [2.75, 3.05) is 26.7 Å². The van der Waals surface area contributed by atoms with Crippen molar-refractivity contribution in [3.63, 3.8) is 0 Å². The average Bonchev–Trinajstić information content (AvgIpc) is 3.12. The summed E-state index contributed by atoms with van der Waals surface area (Å²) in [6.07, 6.45) is 0.576. The molecule has 1 aromatic heterocycles. The fourth-order valence-corrected chi connectivity index (χ4v) is 4.46. The van der Waals surface area contributed by atoms with Crippen LogP contribution in [-0.2, 0) is 10.0 Å². The minimum absolute atomic E-state index is 0.127. The Kier molecular flexibility index (Phi) is 6.92. The highest BCUT2D eigenvalue weighted by atomic mass is 32.2. The topological polar surface area (TPSA) is 73.8 Å². The van der Waals surface area contributed by atoms with Crippen molar-refractivity contribution in [3.05, 3.63) is 22.4 Å². The van der Waals surface area contributed by atoms with E-state index >= 15 is 0 Å². The predicted molar refractivity (Wildman–Crippen MR) is 96.8 cm³/mol. The third kappa shape index (κ3) is 5.10. The van der Waals surface area contributed by atoms with E-state index in [4.69, 9.17) is 0 Å². The largest absolute Gasteiger partial charge is 0.511 e. The second kappa shape index (κ2) is 8.57. The van der Waals surface area contributed by atoms with Crippen LogP contribution in [0.15, 0.2) is 21.8 Å². The van der Waals surface area contributed by atoms with Crippen LogP contribution in [0.2, 0.25) is 0 Å². The van der Waals surface area contributed by atoms with E-state index in [1.807, 2.05) is 5.38 Å². The summed E-state index contributed by atoms with van der Waals surface area (Å²) in [4.78, 5) is 4.13. The molecular formula is C15H23F3N4O2S2. The van der Waals surface area contributed by atoms with E-state index in [1.54, 1.807) is 18.4 Å². The molecule has 0 amide bonds. The molecule has 148 valence electrons. The molecule has 0 radical (unpaired) electrons. The molecule has 0 aromatic carbocycles. The molecule has 1 aromatic rings. The van der Waals surface area contributed by atoms with Gasteiger partial charge in [0, 0.05) is 32.7 Å². The van der Waals surface area contributed by atoms with Gasteiger partial charge in [-0.1, -0.05) is 6.92 Å². The van der Waals surface area contributed by atoms with Gasteiger partial charge in [0.1, 0.15) is 0 Å². The highest BCUT2D eigenvalue weighted by Crippen LogP contribution is 2.28. The lowest BCUT2D eigenvalue weighted by atomic mass is 10.1. The molecule has 0 saturated carbocycles. The summed E-state index contributed by atoms with van der Waals surface area (Å²) in [6.45, 7) is 2.42. The monoisotopic (exact) mass is 412 g/mol. The van der Waals surface area contributed by atoms with Crippen molar-refractivity contribution in [2.24, 2.45) is 4.99 Å². The Labute approximate surface area is 155 Å². The number of nitrogens with one attached hydrogen (secondary N) is 2. The van der Waals surface area contributed by atoms with Crippen molar-refractivity contribution in [1.29, 1.82) is 0 Å².